The minimum atomic E-state index is -1.84. The molecule has 0 saturated carbocycles. The van der Waals surface area contributed by atoms with E-state index in [2.05, 4.69) is 26.6 Å². The Morgan fingerprint density at radius 3 is 1.79 bits per heavy atom. The van der Waals surface area contributed by atoms with Crippen LogP contribution >= 0.6 is 0 Å². The van der Waals surface area contributed by atoms with E-state index in [0.717, 1.165) is 11.8 Å². The highest BCUT2D eigenvalue weighted by atomic mass is 16.4. The van der Waals surface area contributed by atoms with Gasteiger partial charge in [-0.2, -0.15) is 0 Å². The van der Waals surface area contributed by atoms with Gasteiger partial charge in [0.2, 0.25) is 35.4 Å². The number of nitrogens with one attached hydrogen (secondary N) is 5. The van der Waals surface area contributed by atoms with Gasteiger partial charge >= 0.3 is 11.9 Å². The summed E-state index contributed by atoms with van der Waals surface area (Å²) in [4.78, 5) is 120. The predicted octanol–water partition coefficient (Wildman–Crippen LogP) is -0.735. The number of rotatable bonds is 11. The number of hydrogen-bond donors (Lipinski definition) is 8. The lowest BCUT2D eigenvalue weighted by Gasteiger charge is -2.31. The topological polar surface area (TPSA) is 278 Å². The Labute approximate surface area is 328 Å². The van der Waals surface area contributed by atoms with Gasteiger partial charge in [0.1, 0.15) is 36.3 Å². The maximum atomic E-state index is 14.1. The van der Waals surface area contributed by atoms with Crippen LogP contribution in [-0.4, -0.2) is 122 Å². The Hall–Kier alpha value is -6.17. The third-order valence-electron chi connectivity index (χ3n) is 9.57. The van der Waals surface area contributed by atoms with Crippen molar-refractivity contribution in [3.8, 4) is 0 Å². The molecule has 18 nitrogen and oxygen atoms in total. The summed E-state index contributed by atoms with van der Waals surface area (Å²) in [6, 6.07) is 5.48. The molecule has 2 aromatic rings. The van der Waals surface area contributed by atoms with E-state index < -0.39 is 103 Å². The summed E-state index contributed by atoms with van der Waals surface area (Å²) < 4.78 is 0. The molecule has 7 atom stereocenters. The Balaban J connectivity index is 1.75. The van der Waals surface area contributed by atoms with Crippen LogP contribution in [0.2, 0.25) is 0 Å². The van der Waals surface area contributed by atoms with Gasteiger partial charge < -0.3 is 46.8 Å². The fourth-order valence-electron chi connectivity index (χ4n) is 6.69. The van der Waals surface area contributed by atoms with Crippen molar-refractivity contribution in [3.05, 3.63) is 71.3 Å². The van der Waals surface area contributed by atoms with Crippen molar-refractivity contribution < 1.29 is 58.5 Å². The van der Waals surface area contributed by atoms with Crippen molar-refractivity contribution in [2.45, 2.75) is 102 Å². The summed E-state index contributed by atoms with van der Waals surface area (Å²) in [5.74, 6) is -9.42. The lowest BCUT2D eigenvalue weighted by Crippen LogP contribution is -2.63. The number of carboxylic acids is 2. The van der Waals surface area contributed by atoms with E-state index in [1.165, 1.54) is 0 Å². The normalized spacial score (nSPS) is 24.5. The molecule has 0 aromatic heterocycles. The van der Waals surface area contributed by atoms with Crippen molar-refractivity contribution in [2.24, 2.45) is 5.92 Å². The fourth-order valence-corrected chi connectivity index (χ4v) is 6.69. The van der Waals surface area contributed by atoms with Gasteiger partial charge in [-0.15, -0.1) is 0 Å². The Morgan fingerprint density at radius 2 is 1.19 bits per heavy atom. The van der Waals surface area contributed by atoms with E-state index in [4.69, 9.17) is 0 Å². The zero-order valence-corrected chi connectivity index (χ0v) is 31.7. The molecule has 2 fully saturated rings. The molecule has 2 aromatic carbocycles. The number of amides is 6. The number of aliphatic carboxylic acids is 2. The number of fused-ring (bicyclic) bond motifs is 1. The van der Waals surface area contributed by atoms with Crippen molar-refractivity contribution in [3.63, 3.8) is 0 Å². The van der Waals surface area contributed by atoms with E-state index >= 15 is 0 Å². The Morgan fingerprint density at radius 1 is 0.667 bits per heavy atom. The zero-order chi connectivity index (χ0) is 42.0. The number of carboxylic acid groups (broad SMARTS) is 2. The molecular weight excluding hydrogens is 744 g/mol. The highest BCUT2D eigenvalue weighted by Gasteiger charge is 2.42. The molecule has 306 valence electrons. The summed E-state index contributed by atoms with van der Waals surface area (Å²) in [6.07, 6.45) is -3.31. The summed E-state index contributed by atoms with van der Waals surface area (Å²) in [6.45, 7) is 4.60. The molecule has 6 amide bonds. The second-order valence-electron chi connectivity index (χ2n) is 14.6. The van der Waals surface area contributed by atoms with Gasteiger partial charge in [0.05, 0.1) is 18.9 Å². The van der Waals surface area contributed by atoms with Gasteiger partial charge in [0.25, 0.3) is 0 Å². The average molecular weight is 793 g/mol. The Kier molecular flexibility index (Phi) is 15.0. The van der Waals surface area contributed by atoms with Crippen LogP contribution in [0.3, 0.4) is 0 Å². The molecule has 0 radical (unpaired) electrons. The summed E-state index contributed by atoms with van der Waals surface area (Å²) in [7, 11) is 0. The Bertz CT molecular complexity index is 1850. The van der Waals surface area contributed by atoms with E-state index in [0.29, 0.717) is 23.1 Å². The minimum absolute atomic E-state index is 0.00448. The quantitative estimate of drug-likeness (QED) is 0.131. The molecule has 0 aliphatic carbocycles. The molecule has 2 heterocycles. The average Bonchev–Trinajstić information content (AvgIpc) is 3.65. The third kappa shape index (κ3) is 11.9. The van der Waals surface area contributed by atoms with Crippen LogP contribution in [0.4, 0.5) is 0 Å². The molecule has 4 rings (SSSR count). The molecule has 2 aliphatic rings. The lowest BCUT2D eigenvalue weighted by molar-refractivity contribution is -0.147. The van der Waals surface area contributed by atoms with Crippen molar-refractivity contribution in [1.82, 2.24) is 31.5 Å². The van der Waals surface area contributed by atoms with Crippen LogP contribution in [0.25, 0.3) is 0 Å². The molecule has 0 unspecified atom stereocenters. The molecule has 0 spiro atoms. The number of benzene rings is 2. The van der Waals surface area contributed by atoms with Gasteiger partial charge in [-0.3, -0.25) is 43.2 Å². The minimum Gasteiger partial charge on any atom is -0.481 e. The van der Waals surface area contributed by atoms with Gasteiger partial charge in [-0.25, -0.2) is 0 Å². The lowest BCUT2D eigenvalue weighted by atomic mass is 9.98. The molecular formula is C39H48N6O12. The second kappa shape index (κ2) is 19.6. The van der Waals surface area contributed by atoms with Crippen LogP contribution in [0.5, 0.6) is 0 Å². The monoisotopic (exact) mass is 792 g/mol. The molecule has 0 bridgehead atoms. The van der Waals surface area contributed by atoms with Crippen LogP contribution < -0.4 is 26.6 Å². The number of carbonyl (C=O) groups is 9. The van der Waals surface area contributed by atoms with Crippen molar-refractivity contribution in [1.29, 1.82) is 0 Å². The number of carbonyl (C=O) groups excluding carboxylic acids is 7. The van der Waals surface area contributed by atoms with Gasteiger partial charge in [0.15, 0.2) is 5.78 Å². The largest absolute Gasteiger partial charge is 0.481 e. The molecule has 2 aliphatic heterocycles. The first-order valence-electron chi connectivity index (χ1n) is 18.6. The summed E-state index contributed by atoms with van der Waals surface area (Å²) >= 11 is 0. The first kappa shape index (κ1) is 43.6. The standard InChI is InChI=1S/C39H48N6O12/c1-20(2)16-25-34(52)41-27(18-30(47)48)36(54)44-32(21(3)46)38(56)43-28(19-31(49)50)39(57)45-15-7-10-29(45)37(55)42-26(35(53)40-25)17-22-11-13-24(14-12-22)33(51)23-8-5-4-6-9-23/h4-6,8-9,11-14,20-21,25-29,32,46H,7,10,15-19H2,1-3H3,(H,40,53)(H,41,52)(H,42,55)(H,43,56)(H,44,54)(H,47,48)(H,49,50)/t21-,25+,26-,27-,28-,29-,32+/m1/s1. The van der Waals surface area contributed by atoms with E-state index in [-0.39, 0.29) is 37.5 Å². The smallest absolute Gasteiger partial charge is 0.305 e. The van der Waals surface area contributed by atoms with Gasteiger partial charge in [-0.05, 0) is 37.7 Å². The van der Waals surface area contributed by atoms with E-state index in [9.17, 15) is 58.5 Å². The number of ketones is 1. The molecule has 57 heavy (non-hydrogen) atoms. The van der Waals surface area contributed by atoms with Crippen LogP contribution in [0, 0.1) is 5.92 Å². The van der Waals surface area contributed by atoms with Crippen molar-refractivity contribution in [2.75, 3.05) is 6.54 Å². The molecule has 8 N–H and O–H groups in total. The number of aliphatic hydroxyl groups is 1. The van der Waals surface area contributed by atoms with Crippen LogP contribution in [-0.2, 0) is 44.8 Å². The number of nitrogens with zero attached hydrogens (tertiary/aromatic N) is 1. The van der Waals surface area contributed by atoms with E-state index in [1.54, 1.807) is 68.4 Å². The summed E-state index contributed by atoms with van der Waals surface area (Å²) in [5, 5.41) is 41.7. The van der Waals surface area contributed by atoms with Crippen molar-refractivity contribution >= 4 is 53.2 Å². The SMILES string of the molecule is CC(C)C[C@@H]1NC(=O)[C@@H](Cc2ccc(C(=O)c3ccccc3)cc2)NC(=O)[C@H]2CCCN2C(=O)[C@@H](CC(=O)O)NC(=O)[C@H]([C@@H](C)O)NC(=O)[C@@H](CC(=O)O)NC1=O. The second-order valence-corrected chi connectivity index (χ2v) is 14.6. The fraction of sp³-hybridized carbons (Fsp3) is 0.462. The van der Waals surface area contributed by atoms with E-state index in [1.807, 2.05) is 0 Å². The highest BCUT2D eigenvalue weighted by molar-refractivity contribution is 6.09. The first-order chi connectivity index (χ1) is 26.9. The number of aliphatic hydroxyl groups excluding tert-OH is 1. The first-order valence-corrected chi connectivity index (χ1v) is 18.6. The molecule has 18 heteroatoms. The maximum Gasteiger partial charge on any atom is 0.305 e. The van der Waals surface area contributed by atoms with Crippen LogP contribution in [0.15, 0.2) is 54.6 Å². The van der Waals surface area contributed by atoms with Crippen LogP contribution in [0.1, 0.15) is 74.4 Å². The highest BCUT2D eigenvalue weighted by Crippen LogP contribution is 2.21. The summed E-state index contributed by atoms with van der Waals surface area (Å²) in [5.41, 5.74) is 1.32. The molecule has 2 saturated heterocycles. The van der Waals surface area contributed by atoms with Gasteiger partial charge in [0, 0.05) is 24.1 Å². The van der Waals surface area contributed by atoms with Gasteiger partial charge in [-0.1, -0.05) is 68.4 Å². The zero-order valence-electron chi connectivity index (χ0n) is 31.7. The maximum absolute atomic E-state index is 14.1. The number of hydrogen-bond acceptors (Lipinski definition) is 10. The third-order valence-corrected chi connectivity index (χ3v) is 9.57. The predicted molar refractivity (Wildman–Crippen MR) is 200 cm³/mol.